The van der Waals surface area contributed by atoms with Crippen LogP contribution in [0, 0.1) is 0 Å². The summed E-state index contributed by atoms with van der Waals surface area (Å²) in [5.74, 6) is 0. The van der Waals surface area contributed by atoms with Crippen LogP contribution in [0.2, 0.25) is 0 Å². The molecule has 0 aliphatic heterocycles. The van der Waals surface area contributed by atoms with E-state index in [1.54, 1.807) is 0 Å². The summed E-state index contributed by atoms with van der Waals surface area (Å²) in [6.07, 6.45) is 0. The third-order valence-corrected chi connectivity index (χ3v) is 3.36. The molecule has 0 unspecified atom stereocenters. The van der Waals surface area contributed by atoms with Gasteiger partial charge in [0.2, 0.25) is 0 Å². The zero-order valence-electron chi connectivity index (χ0n) is 6.82. The minimum atomic E-state index is 0.00703. The van der Waals surface area contributed by atoms with E-state index in [2.05, 4.69) is 12.6 Å². The van der Waals surface area contributed by atoms with Crippen molar-refractivity contribution in [2.24, 2.45) is 0 Å². The fraction of sp³-hybridized carbons (Fsp3) is 0.111. The number of anilines is 1. The van der Waals surface area contributed by atoms with Gasteiger partial charge in [-0.25, -0.2) is 0 Å². The average molecular weight is 211 g/mol. The Bertz CT molecular complexity index is 450. The van der Waals surface area contributed by atoms with E-state index in [4.69, 9.17) is 10.8 Å². The second kappa shape index (κ2) is 3.21. The number of nitrogens with two attached hydrogens (primary N) is 1. The maximum Gasteiger partial charge on any atom is 0.0795 e. The summed E-state index contributed by atoms with van der Waals surface area (Å²) in [5, 5.41) is 10.0. The molecule has 13 heavy (non-hydrogen) atoms. The Kier molecular flexibility index (Phi) is 2.19. The van der Waals surface area contributed by atoms with Gasteiger partial charge in [0.1, 0.15) is 0 Å². The van der Waals surface area contributed by atoms with Gasteiger partial charge in [0.25, 0.3) is 0 Å². The first-order valence-electron chi connectivity index (χ1n) is 3.83. The molecule has 0 aliphatic rings. The van der Waals surface area contributed by atoms with Gasteiger partial charge in [-0.1, -0.05) is 6.07 Å². The van der Waals surface area contributed by atoms with Crippen LogP contribution < -0.4 is 5.73 Å². The summed E-state index contributed by atoms with van der Waals surface area (Å²) in [6.45, 7) is 0.00703. The van der Waals surface area contributed by atoms with Crippen molar-refractivity contribution < 1.29 is 5.11 Å². The van der Waals surface area contributed by atoms with Crippen molar-refractivity contribution in [1.29, 1.82) is 0 Å². The van der Waals surface area contributed by atoms with Crippen molar-refractivity contribution in [2.45, 2.75) is 11.5 Å². The second-order valence-corrected chi connectivity index (χ2v) is 4.43. The third-order valence-electron chi connectivity index (χ3n) is 1.93. The molecule has 0 saturated carbocycles. The fourth-order valence-corrected chi connectivity index (χ4v) is 2.59. The van der Waals surface area contributed by atoms with Gasteiger partial charge < -0.3 is 10.8 Å². The number of aliphatic hydroxyl groups excluding tert-OH is 1. The van der Waals surface area contributed by atoms with Crippen molar-refractivity contribution in [1.82, 2.24) is 0 Å². The number of hydrogen-bond donors (Lipinski definition) is 3. The number of fused-ring (bicyclic) bond motifs is 1. The highest BCUT2D eigenvalue weighted by Gasteiger charge is 2.07. The zero-order chi connectivity index (χ0) is 9.42. The van der Waals surface area contributed by atoms with Crippen molar-refractivity contribution in [3.05, 3.63) is 23.1 Å². The van der Waals surface area contributed by atoms with Gasteiger partial charge in [-0.15, -0.1) is 24.0 Å². The molecule has 0 amide bonds. The van der Waals surface area contributed by atoms with E-state index in [1.807, 2.05) is 18.2 Å². The van der Waals surface area contributed by atoms with Crippen molar-refractivity contribution in [3.8, 4) is 0 Å². The zero-order valence-corrected chi connectivity index (χ0v) is 8.53. The predicted octanol–water partition coefficient (Wildman–Crippen LogP) is 2.26. The normalized spacial score (nSPS) is 10.9. The Morgan fingerprint density at radius 1 is 1.46 bits per heavy atom. The SMILES string of the molecule is Nc1c(CO)sc2cc(S)ccc12. The van der Waals surface area contributed by atoms with Gasteiger partial charge in [-0.2, -0.15) is 0 Å². The molecule has 0 spiro atoms. The number of hydrogen-bond acceptors (Lipinski definition) is 4. The van der Waals surface area contributed by atoms with Crippen LogP contribution in [0.15, 0.2) is 23.1 Å². The second-order valence-electron chi connectivity index (χ2n) is 2.78. The minimum Gasteiger partial charge on any atom is -0.397 e. The number of thiophene rings is 1. The van der Waals surface area contributed by atoms with E-state index in [0.717, 1.165) is 19.9 Å². The van der Waals surface area contributed by atoms with E-state index in [-0.39, 0.29) is 6.61 Å². The Morgan fingerprint density at radius 3 is 2.92 bits per heavy atom. The molecule has 2 rings (SSSR count). The van der Waals surface area contributed by atoms with Crippen LogP contribution in [0.3, 0.4) is 0 Å². The van der Waals surface area contributed by atoms with Crippen LogP contribution in [0.25, 0.3) is 10.1 Å². The van der Waals surface area contributed by atoms with Gasteiger partial charge in [-0.3, -0.25) is 0 Å². The highest BCUT2D eigenvalue weighted by atomic mass is 32.1. The Labute approximate surface area is 85.4 Å². The van der Waals surface area contributed by atoms with Gasteiger partial charge >= 0.3 is 0 Å². The first kappa shape index (κ1) is 8.87. The van der Waals surface area contributed by atoms with E-state index in [9.17, 15) is 0 Å². The molecule has 1 aromatic carbocycles. The van der Waals surface area contributed by atoms with E-state index in [0.29, 0.717) is 5.69 Å². The number of nitrogen functional groups attached to an aromatic ring is 1. The van der Waals surface area contributed by atoms with Gasteiger partial charge in [0.05, 0.1) is 17.2 Å². The van der Waals surface area contributed by atoms with Crippen LogP contribution in [-0.4, -0.2) is 5.11 Å². The molecular formula is C9H9NOS2. The lowest BCUT2D eigenvalue weighted by atomic mass is 10.2. The smallest absolute Gasteiger partial charge is 0.0795 e. The van der Waals surface area contributed by atoms with Crippen molar-refractivity contribution in [2.75, 3.05) is 5.73 Å². The standard InChI is InChI=1S/C9H9NOS2/c10-9-6-2-1-5(12)3-7(6)13-8(9)4-11/h1-3,11-12H,4,10H2. The summed E-state index contributed by atoms with van der Waals surface area (Å²) < 4.78 is 1.08. The van der Waals surface area contributed by atoms with E-state index in [1.165, 1.54) is 11.3 Å². The summed E-state index contributed by atoms with van der Waals surface area (Å²) in [6, 6.07) is 5.79. The quantitative estimate of drug-likeness (QED) is 0.634. The molecule has 1 aromatic heterocycles. The average Bonchev–Trinajstić information content (AvgIpc) is 2.42. The lowest BCUT2D eigenvalue weighted by Gasteiger charge is -1.93. The first-order valence-corrected chi connectivity index (χ1v) is 5.09. The molecule has 0 fully saturated rings. The van der Waals surface area contributed by atoms with Crippen LogP contribution in [0.5, 0.6) is 0 Å². The molecule has 0 bridgehead atoms. The molecule has 0 saturated heterocycles. The maximum atomic E-state index is 9.00. The summed E-state index contributed by atoms with van der Waals surface area (Å²) in [4.78, 5) is 1.74. The van der Waals surface area contributed by atoms with Crippen LogP contribution in [0.1, 0.15) is 4.88 Å². The number of aliphatic hydroxyl groups is 1. The third kappa shape index (κ3) is 1.41. The molecule has 0 atom stereocenters. The Morgan fingerprint density at radius 2 is 2.23 bits per heavy atom. The maximum absolute atomic E-state index is 9.00. The molecule has 1 heterocycles. The predicted molar refractivity (Wildman–Crippen MR) is 59.4 cm³/mol. The molecular weight excluding hydrogens is 202 g/mol. The Balaban J connectivity index is 2.76. The highest BCUT2D eigenvalue weighted by molar-refractivity contribution is 7.80. The Hall–Kier alpha value is -0.710. The van der Waals surface area contributed by atoms with Gasteiger partial charge in [0, 0.05) is 15.0 Å². The topological polar surface area (TPSA) is 46.2 Å². The van der Waals surface area contributed by atoms with Crippen LogP contribution in [0.4, 0.5) is 5.69 Å². The van der Waals surface area contributed by atoms with Crippen molar-refractivity contribution in [3.63, 3.8) is 0 Å². The molecule has 0 radical (unpaired) electrons. The number of rotatable bonds is 1. The van der Waals surface area contributed by atoms with Crippen molar-refractivity contribution >= 4 is 39.7 Å². The molecule has 3 N–H and O–H groups in total. The number of thiol groups is 1. The lowest BCUT2D eigenvalue weighted by molar-refractivity contribution is 0.286. The van der Waals surface area contributed by atoms with Crippen LogP contribution in [-0.2, 0) is 6.61 Å². The molecule has 2 aromatic rings. The molecule has 4 heteroatoms. The molecule has 68 valence electrons. The lowest BCUT2D eigenvalue weighted by Crippen LogP contribution is -1.87. The summed E-state index contributed by atoms with van der Waals surface area (Å²) in [7, 11) is 0. The van der Waals surface area contributed by atoms with Gasteiger partial charge in [0.15, 0.2) is 0 Å². The van der Waals surface area contributed by atoms with E-state index >= 15 is 0 Å². The minimum absolute atomic E-state index is 0.00703. The molecule has 2 nitrogen and oxygen atoms in total. The first-order chi connectivity index (χ1) is 6.22. The summed E-state index contributed by atoms with van der Waals surface area (Å²) >= 11 is 5.75. The van der Waals surface area contributed by atoms with Gasteiger partial charge in [-0.05, 0) is 12.1 Å². The monoisotopic (exact) mass is 211 g/mol. The van der Waals surface area contributed by atoms with Crippen LogP contribution >= 0.6 is 24.0 Å². The fourth-order valence-electron chi connectivity index (χ4n) is 1.27. The highest BCUT2D eigenvalue weighted by Crippen LogP contribution is 2.34. The van der Waals surface area contributed by atoms with E-state index < -0.39 is 0 Å². The number of benzene rings is 1. The summed E-state index contributed by atoms with van der Waals surface area (Å²) in [5.41, 5.74) is 6.52. The molecule has 0 aliphatic carbocycles. The largest absolute Gasteiger partial charge is 0.397 e.